The van der Waals surface area contributed by atoms with E-state index in [2.05, 4.69) is 10.2 Å². The van der Waals surface area contributed by atoms with Crippen LogP contribution in [0.3, 0.4) is 0 Å². The molecule has 2 unspecified atom stereocenters. The Morgan fingerprint density at radius 1 is 1.52 bits per heavy atom. The fourth-order valence-corrected chi connectivity index (χ4v) is 3.20. The van der Waals surface area contributed by atoms with Crippen molar-refractivity contribution < 1.29 is 9.53 Å². The van der Waals surface area contributed by atoms with Crippen LogP contribution in [0.15, 0.2) is 18.2 Å². The van der Waals surface area contributed by atoms with E-state index in [-0.39, 0.29) is 12.0 Å². The van der Waals surface area contributed by atoms with Crippen LogP contribution in [-0.4, -0.2) is 49.2 Å². The van der Waals surface area contributed by atoms with Crippen molar-refractivity contribution in [1.29, 1.82) is 0 Å². The van der Waals surface area contributed by atoms with Gasteiger partial charge >= 0.3 is 0 Å². The Hall–Kier alpha value is -1.59. The minimum Gasteiger partial charge on any atom is -0.399 e. The number of ether oxygens (including phenoxy) is 1. The van der Waals surface area contributed by atoms with E-state index in [0.29, 0.717) is 23.8 Å². The number of nitrogens with two attached hydrogens (primary N) is 1. The molecule has 0 saturated carbocycles. The highest BCUT2D eigenvalue weighted by Gasteiger charge is 2.32. The van der Waals surface area contributed by atoms with Crippen molar-refractivity contribution in [2.24, 2.45) is 0 Å². The predicted molar refractivity (Wildman–Crippen MR) is 82.3 cm³/mol. The zero-order chi connectivity index (χ0) is 14.8. The summed E-state index contributed by atoms with van der Waals surface area (Å²) in [6.07, 6.45) is 2.58. The van der Waals surface area contributed by atoms with Crippen molar-refractivity contribution in [1.82, 2.24) is 10.2 Å². The van der Waals surface area contributed by atoms with Crippen LogP contribution >= 0.6 is 0 Å². The molecule has 21 heavy (non-hydrogen) atoms. The molecule has 3 rings (SSSR count). The summed E-state index contributed by atoms with van der Waals surface area (Å²) in [5.74, 6) is -0.0769. The van der Waals surface area contributed by atoms with Gasteiger partial charge in [0.1, 0.15) is 0 Å². The largest absolute Gasteiger partial charge is 0.399 e. The molecule has 0 aliphatic carbocycles. The highest BCUT2D eigenvalue weighted by molar-refractivity contribution is 5.96. The van der Waals surface area contributed by atoms with Gasteiger partial charge in [0.25, 0.3) is 5.91 Å². The van der Waals surface area contributed by atoms with Gasteiger partial charge < -0.3 is 15.8 Å². The van der Waals surface area contributed by atoms with Crippen LogP contribution in [-0.2, 0) is 4.74 Å². The Morgan fingerprint density at radius 2 is 2.38 bits per heavy atom. The summed E-state index contributed by atoms with van der Waals surface area (Å²) in [7, 11) is 0. The molecule has 114 valence electrons. The number of nitrogen functional groups attached to an aromatic ring is 1. The third-order valence-electron chi connectivity index (χ3n) is 4.46. The SMILES string of the molecule is Cc1ccc(N)cc1C(=O)NCC1CN2CCCC2CO1. The molecule has 5 nitrogen and oxygen atoms in total. The van der Waals surface area contributed by atoms with Crippen molar-refractivity contribution in [2.45, 2.75) is 31.9 Å². The Morgan fingerprint density at radius 3 is 3.24 bits per heavy atom. The molecule has 0 bridgehead atoms. The monoisotopic (exact) mass is 289 g/mol. The molecule has 2 heterocycles. The molecule has 5 heteroatoms. The van der Waals surface area contributed by atoms with Crippen LogP contribution in [0.4, 0.5) is 5.69 Å². The van der Waals surface area contributed by atoms with Crippen molar-refractivity contribution in [3.8, 4) is 0 Å². The van der Waals surface area contributed by atoms with E-state index < -0.39 is 0 Å². The smallest absolute Gasteiger partial charge is 0.251 e. The third-order valence-corrected chi connectivity index (χ3v) is 4.46. The summed E-state index contributed by atoms with van der Waals surface area (Å²) < 4.78 is 5.85. The summed E-state index contributed by atoms with van der Waals surface area (Å²) in [5.41, 5.74) is 7.94. The molecule has 2 fully saturated rings. The maximum Gasteiger partial charge on any atom is 0.251 e. The number of nitrogens with zero attached hydrogens (tertiary/aromatic N) is 1. The molecule has 1 amide bonds. The molecule has 2 aliphatic heterocycles. The van der Waals surface area contributed by atoms with Gasteiger partial charge in [-0.05, 0) is 44.0 Å². The Kier molecular flexibility index (Phi) is 4.12. The maximum atomic E-state index is 12.3. The van der Waals surface area contributed by atoms with Gasteiger partial charge in [-0.1, -0.05) is 6.07 Å². The number of hydrogen-bond acceptors (Lipinski definition) is 4. The van der Waals surface area contributed by atoms with Gasteiger partial charge in [-0.25, -0.2) is 0 Å². The molecule has 1 aromatic rings. The van der Waals surface area contributed by atoms with E-state index in [1.54, 1.807) is 6.07 Å². The van der Waals surface area contributed by atoms with Gasteiger partial charge in [-0.15, -0.1) is 0 Å². The lowest BCUT2D eigenvalue weighted by atomic mass is 10.1. The highest BCUT2D eigenvalue weighted by Crippen LogP contribution is 2.22. The third kappa shape index (κ3) is 3.19. The first kappa shape index (κ1) is 14.4. The topological polar surface area (TPSA) is 67.6 Å². The Bertz CT molecular complexity index is 532. The predicted octanol–water partition coefficient (Wildman–Crippen LogP) is 1.17. The number of aryl methyl sites for hydroxylation is 1. The zero-order valence-corrected chi connectivity index (χ0v) is 12.5. The van der Waals surface area contributed by atoms with Crippen molar-refractivity contribution >= 4 is 11.6 Å². The first-order valence-corrected chi connectivity index (χ1v) is 7.63. The van der Waals surface area contributed by atoms with Gasteiger partial charge in [0, 0.05) is 30.4 Å². The molecule has 0 radical (unpaired) electrons. The fourth-order valence-electron chi connectivity index (χ4n) is 3.20. The van der Waals surface area contributed by atoms with Crippen LogP contribution in [0.1, 0.15) is 28.8 Å². The van der Waals surface area contributed by atoms with E-state index in [1.165, 1.54) is 12.8 Å². The van der Waals surface area contributed by atoms with Gasteiger partial charge in [-0.3, -0.25) is 9.69 Å². The first-order chi connectivity index (χ1) is 10.1. The van der Waals surface area contributed by atoms with Gasteiger partial charge in [-0.2, -0.15) is 0 Å². The zero-order valence-electron chi connectivity index (χ0n) is 12.5. The summed E-state index contributed by atoms with van der Waals surface area (Å²) in [6.45, 7) is 5.34. The number of carbonyl (C=O) groups excluding carboxylic acids is 1. The van der Waals surface area contributed by atoms with Crippen LogP contribution in [0, 0.1) is 6.92 Å². The number of benzene rings is 1. The normalized spacial score (nSPS) is 25.6. The maximum absolute atomic E-state index is 12.3. The van der Waals surface area contributed by atoms with Crippen LogP contribution in [0.25, 0.3) is 0 Å². The molecule has 0 spiro atoms. The Balaban J connectivity index is 1.55. The summed E-state index contributed by atoms with van der Waals surface area (Å²) in [6, 6.07) is 6.00. The number of morpholine rings is 1. The van der Waals surface area contributed by atoms with E-state index in [4.69, 9.17) is 10.5 Å². The first-order valence-electron chi connectivity index (χ1n) is 7.63. The highest BCUT2D eigenvalue weighted by atomic mass is 16.5. The minimum absolute atomic E-state index is 0.0769. The van der Waals surface area contributed by atoms with Crippen molar-refractivity contribution in [2.75, 3.05) is 32.0 Å². The van der Waals surface area contributed by atoms with Crippen LogP contribution in [0.5, 0.6) is 0 Å². The molecule has 2 saturated heterocycles. The molecule has 1 aromatic carbocycles. The number of hydrogen-bond donors (Lipinski definition) is 2. The second kappa shape index (κ2) is 6.03. The standard InChI is InChI=1S/C16H23N3O2/c1-11-4-5-12(17)7-15(11)16(20)18-8-14-9-19-6-2-3-13(19)10-21-14/h4-5,7,13-14H,2-3,6,8-10,17H2,1H3,(H,18,20). The minimum atomic E-state index is -0.0769. The molecular weight excluding hydrogens is 266 g/mol. The summed E-state index contributed by atoms with van der Waals surface area (Å²) in [4.78, 5) is 14.7. The lowest BCUT2D eigenvalue weighted by molar-refractivity contribution is -0.0461. The molecule has 2 atom stereocenters. The second-order valence-corrected chi connectivity index (χ2v) is 6.03. The average Bonchev–Trinajstić information content (AvgIpc) is 2.94. The van der Waals surface area contributed by atoms with E-state index in [9.17, 15) is 4.79 Å². The van der Waals surface area contributed by atoms with E-state index >= 15 is 0 Å². The number of rotatable bonds is 3. The number of carbonyl (C=O) groups is 1. The molecular formula is C16H23N3O2. The van der Waals surface area contributed by atoms with Crippen molar-refractivity contribution in [3.05, 3.63) is 29.3 Å². The second-order valence-electron chi connectivity index (χ2n) is 6.03. The number of amides is 1. The van der Waals surface area contributed by atoms with Gasteiger partial charge in [0.05, 0.1) is 12.7 Å². The summed E-state index contributed by atoms with van der Waals surface area (Å²) >= 11 is 0. The lowest BCUT2D eigenvalue weighted by Gasteiger charge is -2.35. The van der Waals surface area contributed by atoms with Gasteiger partial charge in [0.15, 0.2) is 0 Å². The number of anilines is 1. The van der Waals surface area contributed by atoms with Crippen LogP contribution < -0.4 is 11.1 Å². The Labute approximate surface area is 125 Å². The quantitative estimate of drug-likeness (QED) is 0.820. The lowest BCUT2D eigenvalue weighted by Crippen LogP contribution is -2.50. The number of nitrogens with one attached hydrogen (secondary N) is 1. The molecule has 3 N–H and O–H groups in total. The molecule has 2 aliphatic rings. The average molecular weight is 289 g/mol. The number of fused-ring (bicyclic) bond motifs is 1. The van der Waals surface area contributed by atoms with E-state index in [1.807, 2.05) is 19.1 Å². The van der Waals surface area contributed by atoms with E-state index in [0.717, 1.165) is 25.3 Å². The van der Waals surface area contributed by atoms with Gasteiger partial charge in [0.2, 0.25) is 0 Å². The molecule has 0 aromatic heterocycles. The van der Waals surface area contributed by atoms with Crippen molar-refractivity contribution in [3.63, 3.8) is 0 Å². The van der Waals surface area contributed by atoms with Crippen LogP contribution in [0.2, 0.25) is 0 Å². The fraction of sp³-hybridized carbons (Fsp3) is 0.562. The summed E-state index contributed by atoms with van der Waals surface area (Å²) in [5, 5.41) is 2.97.